The van der Waals surface area contributed by atoms with Crippen molar-refractivity contribution in [1.29, 1.82) is 0 Å². The van der Waals surface area contributed by atoms with Crippen molar-refractivity contribution in [3.05, 3.63) is 0 Å². The van der Waals surface area contributed by atoms with Crippen LogP contribution in [0.25, 0.3) is 0 Å². The molecule has 0 aromatic heterocycles. The molecule has 4 amide bonds. The normalized spacial score (nSPS) is 16.4. The van der Waals surface area contributed by atoms with E-state index in [1.165, 1.54) is 0 Å². The molecule has 0 aliphatic carbocycles. The molecule has 0 radical (unpaired) electrons. The number of hydrogen-bond donors (Lipinski definition) is 2. The number of hydrogen-bond acceptors (Lipinski definition) is 4. The van der Waals surface area contributed by atoms with Gasteiger partial charge in [-0.15, -0.1) is 0 Å². The van der Waals surface area contributed by atoms with Gasteiger partial charge in [-0.3, -0.25) is 25.0 Å². The second-order valence-corrected chi connectivity index (χ2v) is 4.37. The summed E-state index contributed by atoms with van der Waals surface area (Å²) >= 11 is 0. The lowest BCUT2D eigenvalue weighted by atomic mass is 9.96. The molecule has 0 spiro atoms. The van der Waals surface area contributed by atoms with E-state index in [4.69, 9.17) is 0 Å². The van der Waals surface area contributed by atoms with Crippen molar-refractivity contribution in [3.63, 3.8) is 0 Å². The summed E-state index contributed by atoms with van der Waals surface area (Å²) in [6, 6.07) is -0.864. The number of urea groups is 1. The van der Waals surface area contributed by atoms with Gasteiger partial charge in [-0.05, 0) is 6.42 Å². The number of unbranched alkanes of at least 4 members (excludes halogenated alkanes) is 4. The van der Waals surface area contributed by atoms with Crippen LogP contribution in [-0.4, -0.2) is 23.6 Å². The highest BCUT2D eigenvalue weighted by Crippen LogP contribution is 2.11. The minimum atomic E-state index is -1.37. The molecule has 6 nitrogen and oxygen atoms in total. The number of ketones is 1. The molecule has 0 unspecified atom stereocenters. The standard InChI is InChI=1S/C12H18N2O4/c1-2-3-4-5-6-7-8(15)9-10(16)13-12(18)14-11(9)17/h9H,2-7H2,1H3,(H2,13,14,16,17,18). The van der Waals surface area contributed by atoms with Crippen molar-refractivity contribution in [2.45, 2.75) is 45.4 Å². The first-order chi connectivity index (χ1) is 8.56. The second-order valence-electron chi connectivity index (χ2n) is 4.37. The zero-order valence-corrected chi connectivity index (χ0v) is 10.5. The number of nitrogens with one attached hydrogen (secondary N) is 2. The number of barbiturate groups is 1. The molecule has 6 heteroatoms. The Kier molecular flexibility index (Phi) is 5.48. The van der Waals surface area contributed by atoms with E-state index in [9.17, 15) is 19.2 Å². The maximum absolute atomic E-state index is 11.7. The molecule has 0 bridgehead atoms. The Morgan fingerprint density at radius 1 is 1.00 bits per heavy atom. The maximum atomic E-state index is 11.7. The highest BCUT2D eigenvalue weighted by atomic mass is 16.2. The van der Waals surface area contributed by atoms with Gasteiger partial charge in [0, 0.05) is 6.42 Å². The quantitative estimate of drug-likeness (QED) is 0.521. The van der Waals surface area contributed by atoms with Crippen molar-refractivity contribution < 1.29 is 19.2 Å². The average Bonchev–Trinajstić information content (AvgIpc) is 2.27. The minimum Gasteiger partial charge on any atom is -0.298 e. The lowest BCUT2D eigenvalue weighted by Crippen LogP contribution is -2.57. The molecule has 1 fully saturated rings. The number of rotatable bonds is 7. The molecule has 1 aliphatic heterocycles. The van der Waals surface area contributed by atoms with Crippen LogP contribution in [0.1, 0.15) is 45.4 Å². The van der Waals surface area contributed by atoms with Crippen molar-refractivity contribution in [3.8, 4) is 0 Å². The molecule has 1 aliphatic rings. The number of Topliss-reactive ketones (excluding diaryl/α,β-unsaturated/α-hetero) is 1. The summed E-state index contributed by atoms with van der Waals surface area (Å²) in [5, 5.41) is 3.84. The molecule has 0 atom stereocenters. The van der Waals surface area contributed by atoms with Gasteiger partial charge in [0.25, 0.3) is 0 Å². The van der Waals surface area contributed by atoms with Crippen LogP contribution in [0.15, 0.2) is 0 Å². The van der Waals surface area contributed by atoms with E-state index in [2.05, 4.69) is 6.92 Å². The number of amides is 4. The number of carbonyl (C=O) groups is 4. The van der Waals surface area contributed by atoms with E-state index in [1.807, 2.05) is 10.6 Å². The van der Waals surface area contributed by atoms with Gasteiger partial charge >= 0.3 is 6.03 Å². The van der Waals surface area contributed by atoms with Gasteiger partial charge in [0.1, 0.15) is 0 Å². The molecular formula is C12H18N2O4. The van der Waals surface area contributed by atoms with Crippen LogP contribution in [-0.2, 0) is 14.4 Å². The average molecular weight is 254 g/mol. The lowest BCUT2D eigenvalue weighted by Gasteiger charge is -2.19. The summed E-state index contributed by atoms with van der Waals surface area (Å²) in [5.74, 6) is -3.42. The van der Waals surface area contributed by atoms with Crippen molar-refractivity contribution in [2.75, 3.05) is 0 Å². The van der Waals surface area contributed by atoms with Gasteiger partial charge in [-0.25, -0.2) is 4.79 Å². The van der Waals surface area contributed by atoms with Gasteiger partial charge in [0.15, 0.2) is 11.7 Å². The third-order valence-electron chi connectivity index (χ3n) is 2.85. The molecule has 1 rings (SSSR count). The van der Waals surface area contributed by atoms with E-state index in [-0.39, 0.29) is 6.42 Å². The van der Waals surface area contributed by atoms with E-state index in [1.54, 1.807) is 0 Å². The first-order valence-electron chi connectivity index (χ1n) is 6.24. The first-order valence-corrected chi connectivity index (χ1v) is 6.24. The lowest BCUT2D eigenvalue weighted by molar-refractivity contribution is -0.142. The molecule has 1 saturated heterocycles. The third kappa shape index (κ3) is 3.94. The third-order valence-corrected chi connectivity index (χ3v) is 2.85. The Labute approximate surface area is 105 Å². The molecule has 2 N–H and O–H groups in total. The molecule has 1 heterocycles. The Morgan fingerprint density at radius 2 is 1.56 bits per heavy atom. The fourth-order valence-corrected chi connectivity index (χ4v) is 1.86. The minimum absolute atomic E-state index is 0.198. The fraction of sp³-hybridized carbons (Fsp3) is 0.667. The van der Waals surface area contributed by atoms with Crippen molar-refractivity contribution in [1.82, 2.24) is 10.6 Å². The summed E-state index contributed by atoms with van der Waals surface area (Å²) in [6.45, 7) is 2.10. The summed E-state index contributed by atoms with van der Waals surface area (Å²) in [5.41, 5.74) is 0. The van der Waals surface area contributed by atoms with Gasteiger partial charge in [0.2, 0.25) is 11.8 Å². The van der Waals surface area contributed by atoms with Crippen molar-refractivity contribution >= 4 is 23.6 Å². The summed E-state index contributed by atoms with van der Waals surface area (Å²) in [7, 11) is 0. The maximum Gasteiger partial charge on any atom is 0.328 e. The monoisotopic (exact) mass is 254 g/mol. The number of carbonyl (C=O) groups excluding carboxylic acids is 4. The van der Waals surface area contributed by atoms with Crippen LogP contribution in [0, 0.1) is 5.92 Å². The largest absolute Gasteiger partial charge is 0.328 e. The van der Waals surface area contributed by atoms with Crippen LogP contribution in [0.3, 0.4) is 0 Å². The molecule has 18 heavy (non-hydrogen) atoms. The Morgan fingerprint density at radius 3 is 2.11 bits per heavy atom. The van der Waals surface area contributed by atoms with Gasteiger partial charge < -0.3 is 0 Å². The topological polar surface area (TPSA) is 92.3 Å². The van der Waals surface area contributed by atoms with Gasteiger partial charge in [-0.1, -0.05) is 32.6 Å². The highest BCUT2D eigenvalue weighted by molar-refractivity contribution is 6.26. The van der Waals surface area contributed by atoms with E-state index in [0.29, 0.717) is 6.42 Å². The zero-order chi connectivity index (χ0) is 13.5. The van der Waals surface area contributed by atoms with E-state index >= 15 is 0 Å². The first kappa shape index (κ1) is 14.3. The van der Waals surface area contributed by atoms with Gasteiger partial charge in [-0.2, -0.15) is 0 Å². The molecule has 0 aromatic carbocycles. The zero-order valence-electron chi connectivity index (χ0n) is 10.5. The van der Waals surface area contributed by atoms with Crippen LogP contribution in [0.5, 0.6) is 0 Å². The molecule has 0 aromatic rings. The summed E-state index contributed by atoms with van der Waals surface area (Å²) in [6.07, 6.45) is 5.06. The molecule has 100 valence electrons. The Hall–Kier alpha value is -1.72. The fourth-order valence-electron chi connectivity index (χ4n) is 1.86. The summed E-state index contributed by atoms with van der Waals surface area (Å²) < 4.78 is 0. The van der Waals surface area contributed by atoms with Crippen LogP contribution in [0.4, 0.5) is 4.79 Å². The highest BCUT2D eigenvalue weighted by Gasteiger charge is 2.38. The van der Waals surface area contributed by atoms with Crippen LogP contribution in [0.2, 0.25) is 0 Å². The predicted molar refractivity (Wildman–Crippen MR) is 63.6 cm³/mol. The molecule has 0 saturated carbocycles. The summed E-state index contributed by atoms with van der Waals surface area (Å²) in [4.78, 5) is 45.3. The van der Waals surface area contributed by atoms with Gasteiger partial charge in [0.05, 0.1) is 0 Å². The Bertz CT molecular complexity index is 345. The predicted octanol–water partition coefficient (Wildman–Crippen LogP) is 0.898. The van der Waals surface area contributed by atoms with Crippen LogP contribution < -0.4 is 10.6 Å². The second kappa shape index (κ2) is 6.88. The van der Waals surface area contributed by atoms with E-state index in [0.717, 1.165) is 25.7 Å². The smallest absolute Gasteiger partial charge is 0.298 e. The van der Waals surface area contributed by atoms with Crippen LogP contribution >= 0.6 is 0 Å². The number of imide groups is 2. The SMILES string of the molecule is CCCCCCCC(=O)C1C(=O)NC(=O)NC1=O. The molecular weight excluding hydrogens is 236 g/mol. The van der Waals surface area contributed by atoms with Crippen molar-refractivity contribution in [2.24, 2.45) is 5.92 Å². The van der Waals surface area contributed by atoms with E-state index < -0.39 is 29.5 Å². The Balaban J connectivity index is 2.38.